The molecule has 0 aliphatic rings. The van der Waals surface area contributed by atoms with Crippen LogP contribution >= 0.6 is 0 Å². The highest BCUT2D eigenvalue weighted by atomic mass is 16.4. The van der Waals surface area contributed by atoms with Gasteiger partial charge < -0.3 is 15.5 Å². The van der Waals surface area contributed by atoms with Gasteiger partial charge >= 0.3 is 5.97 Å². The molecule has 1 amide bonds. The van der Waals surface area contributed by atoms with Crippen LogP contribution in [0, 0.1) is 0 Å². The quantitative estimate of drug-likeness (QED) is 0.560. The van der Waals surface area contributed by atoms with Crippen molar-refractivity contribution in [3.8, 4) is 0 Å². The molecule has 0 heterocycles. The van der Waals surface area contributed by atoms with Crippen LogP contribution in [-0.4, -0.2) is 41.0 Å². The molecule has 3 N–H and O–H groups in total. The Bertz CT molecular complexity index is 256. The summed E-state index contributed by atoms with van der Waals surface area (Å²) >= 11 is 0. The van der Waals surface area contributed by atoms with Gasteiger partial charge in [-0.1, -0.05) is 58.3 Å². The number of hydrogen-bond acceptors (Lipinski definition) is 2. The summed E-state index contributed by atoms with van der Waals surface area (Å²) in [5.41, 5.74) is 0. The van der Waals surface area contributed by atoms with E-state index in [1.165, 1.54) is 49.8 Å². The maximum absolute atomic E-state index is 11.5. The minimum atomic E-state index is -0.956. The molecule has 0 aromatic rings. The Hall–Kier alpha value is -1.10. The second-order valence-electron chi connectivity index (χ2n) is 5.22. The fourth-order valence-corrected chi connectivity index (χ4v) is 2.07. The third kappa shape index (κ3) is 13.3. The normalized spacial score (nSPS) is 9.90. The molecule has 0 rings (SSSR count). The first-order valence-electron chi connectivity index (χ1n) is 7.53. The fourth-order valence-electron chi connectivity index (χ4n) is 2.07. The van der Waals surface area contributed by atoms with Gasteiger partial charge in [0, 0.05) is 13.5 Å². The van der Waals surface area contributed by atoms with E-state index in [-0.39, 0.29) is 17.9 Å². The van der Waals surface area contributed by atoms with Crippen LogP contribution < -0.4 is 0 Å². The smallest absolute Gasteiger partial charge is 0.323 e. The Kier molecular flexibility index (Phi) is 15.2. The van der Waals surface area contributed by atoms with Crippen molar-refractivity contribution in [3.63, 3.8) is 0 Å². The lowest BCUT2D eigenvalue weighted by Gasteiger charge is -2.14. The van der Waals surface area contributed by atoms with Gasteiger partial charge in [-0.05, 0) is 6.42 Å². The molecule has 0 bridgehead atoms. The Morgan fingerprint density at radius 2 is 1.35 bits per heavy atom. The Balaban J connectivity index is 0. The lowest BCUT2D eigenvalue weighted by atomic mass is 10.1. The highest BCUT2D eigenvalue weighted by molar-refractivity contribution is 5.80. The highest BCUT2D eigenvalue weighted by Crippen LogP contribution is 2.10. The summed E-state index contributed by atoms with van der Waals surface area (Å²) in [7, 11) is 1.55. The Labute approximate surface area is 122 Å². The number of carbonyl (C=O) groups is 2. The van der Waals surface area contributed by atoms with Gasteiger partial charge in [-0.3, -0.25) is 9.59 Å². The predicted octanol–water partition coefficient (Wildman–Crippen LogP) is 2.63. The SMILES string of the molecule is CCCCCCCCCCCC(=O)N(C)CC(=O)O.O. The van der Waals surface area contributed by atoms with E-state index < -0.39 is 5.97 Å². The minimum Gasteiger partial charge on any atom is -0.480 e. The molecule has 0 radical (unpaired) electrons. The second kappa shape index (κ2) is 14.3. The van der Waals surface area contributed by atoms with Crippen molar-refractivity contribution in [1.29, 1.82) is 0 Å². The van der Waals surface area contributed by atoms with E-state index in [4.69, 9.17) is 5.11 Å². The zero-order valence-electron chi connectivity index (χ0n) is 13.0. The molecule has 5 nitrogen and oxygen atoms in total. The molecule has 0 fully saturated rings. The van der Waals surface area contributed by atoms with Crippen LogP contribution in [0.25, 0.3) is 0 Å². The average molecular weight is 289 g/mol. The summed E-state index contributed by atoms with van der Waals surface area (Å²) in [5, 5.41) is 8.57. The van der Waals surface area contributed by atoms with Crippen LogP contribution in [0.1, 0.15) is 71.1 Å². The number of nitrogens with zero attached hydrogens (tertiary/aromatic N) is 1. The van der Waals surface area contributed by atoms with E-state index in [9.17, 15) is 9.59 Å². The maximum Gasteiger partial charge on any atom is 0.323 e. The Morgan fingerprint density at radius 3 is 1.80 bits per heavy atom. The van der Waals surface area contributed by atoms with Gasteiger partial charge in [-0.25, -0.2) is 0 Å². The fraction of sp³-hybridized carbons (Fsp3) is 0.867. The Morgan fingerprint density at radius 1 is 0.900 bits per heavy atom. The second-order valence-corrected chi connectivity index (χ2v) is 5.22. The van der Waals surface area contributed by atoms with Crippen molar-refractivity contribution in [2.24, 2.45) is 0 Å². The van der Waals surface area contributed by atoms with Gasteiger partial charge in [-0.15, -0.1) is 0 Å². The summed E-state index contributed by atoms with van der Waals surface area (Å²) in [6.45, 7) is 2.02. The molecule has 0 saturated heterocycles. The van der Waals surface area contributed by atoms with Gasteiger partial charge in [0.2, 0.25) is 5.91 Å². The van der Waals surface area contributed by atoms with Gasteiger partial charge in [0.1, 0.15) is 6.54 Å². The molecule has 0 spiro atoms. The molecular weight excluding hydrogens is 258 g/mol. The molecule has 0 atom stereocenters. The standard InChI is InChI=1S/C15H29NO3.H2O/c1-3-4-5-6-7-8-9-10-11-12-14(17)16(2)13-15(18)19;/h3-13H2,1-2H3,(H,18,19);1H2. The van der Waals surface area contributed by atoms with Crippen molar-refractivity contribution < 1.29 is 20.2 Å². The number of likely N-dealkylation sites (N-methyl/N-ethyl adjacent to an activating group) is 1. The van der Waals surface area contributed by atoms with E-state index in [1.54, 1.807) is 7.05 Å². The lowest BCUT2D eigenvalue weighted by molar-refractivity contribution is -0.143. The number of unbranched alkanes of at least 4 members (excludes halogenated alkanes) is 8. The molecule has 0 aromatic heterocycles. The number of rotatable bonds is 12. The summed E-state index contributed by atoms with van der Waals surface area (Å²) < 4.78 is 0. The number of carbonyl (C=O) groups excluding carboxylic acids is 1. The van der Waals surface area contributed by atoms with Crippen molar-refractivity contribution >= 4 is 11.9 Å². The summed E-state index contributed by atoms with van der Waals surface area (Å²) in [6.07, 6.45) is 11.4. The zero-order chi connectivity index (χ0) is 14.5. The van der Waals surface area contributed by atoms with Crippen LogP contribution in [0.2, 0.25) is 0 Å². The van der Waals surface area contributed by atoms with E-state index in [0.29, 0.717) is 6.42 Å². The molecule has 0 aromatic carbocycles. The topological polar surface area (TPSA) is 89.1 Å². The molecular formula is C15H31NO4. The molecule has 120 valence electrons. The van der Waals surface area contributed by atoms with Crippen molar-refractivity contribution in [2.75, 3.05) is 13.6 Å². The summed E-state index contributed by atoms with van der Waals surface area (Å²) in [5.74, 6) is -1.02. The van der Waals surface area contributed by atoms with E-state index in [2.05, 4.69) is 6.92 Å². The van der Waals surface area contributed by atoms with Crippen LogP contribution in [0.4, 0.5) is 0 Å². The first kappa shape index (κ1) is 21.2. The van der Waals surface area contributed by atoms with Crippen LogP contribution in [-0.2, 0) is 9.59 Å². The number of carboxylic acids is 1. The third-order valence-electron chi connectivity index (χ3n) is 3.29. The van der Waals surface area contributed by atoms with Crippen LogP contribution in [0.5, 0.6) is 0 Å². The largest absolute Gasteiger partial charge is 0.480 e. The summed E-state index contributed by atoms with van der Waals surface area (Å²) in [4.78, 5) is 23.3. The zero-order valence-corrected chi connectivity index (χ0v) is 13.0. The highest BCUT2D eigenvalue weighted by Gasteiger charge is 2.10. The van der Waals surface area contributed by atoms with Gasteiger partial charge in [-0.2, -0.15) is 0 Å². The number of hydrogen-bond donors (Lipinski definition) is 1. The van der Waals surface area contributed by atoms with Crippen LogP contribution in [0.15, 0.2) is 0 Å². The third-order valence-corrected chi connectivity index (χ3v) is 3.29. The minimum absolute atomic E-state index is 0. The van der Waals surface area contributed by atoms with Crippen molar-refractivity contribution in [1.82, 2.24) is 4.90 Å². The number of amides is 1. The van der Waals surface area contributed by atoms with Crippen molar-refractivity contribution in [3.05, 3.63) is 0 Å². The maximum atomic E-state index is 11.5. The van der Waals surface area contributed by atoms with Crippen molar-refractivity contribution in [2.45, 2.75) is 71.1 Å². The molecule has 5 heteroatoms. The van der Waals surface area contributed by atoms with E-state index in [1.807, 2.05) is 0 Å². The first-order valence-corrected chi connectivity index (χ1v) is 7.53. The monoisotopic (exact) mass is 289 g/mol. The lowest BCUT2D eigenvalue weighted by Crippen LogP contribution is -2.31. The summed E-state index contributed by atoms with van der Waals surface area (Å²) in [6, 6.07) is 0. The van der Waals surface area contributed by atoms with E-state index >= 15 is 0 Å². The van der Waals surface area contributed by atoms with Crippen LogP contribution in [0.3, 0.4) is 0 Å². The molecule has 0 unspecified atom stereocenters. The number of aliphatic carboxylic acids is 1. The molecule has 0 saturated carbocycles. The predicted molar refractivity (Wildman–Crippen MR) is 80.7 cm³/mol. The average Bonchev–Trinajstić information content (AvgIpc) is 2.35. The van der Waals surface area contributed by atoms with Gasteiger partial charge in [0.15, 0.2) is 0 Å². The molecule has 0 aliphatic heterocycles. The number of carboxylic acid groups (broad SMARTS) is 1. The van der Waals surface area contributed by atoms with Gasteiger partial charge in [0.05, 0.1) is 0 Å². The van der Waals surface area contributed by atoms with E-state index in [0.717, 1.165) is 12.8 Å². The first-order chi connectivity index (χ1) is 9.07. The van der Waals surface area contributed by atoms with Gasteiger partial charge in [0.25, 0.3) is 0 Å². The molecule has 20 heavy (non-hydrogen) atoms. The molecule has 0 aliphatic carbocycles.